The van der Waals surface area contributed by atoms with Crippen LogP contribution < -0.4 is 14.2 Å². The summed E-state index contributed by atoms with van der Waals surface area (Å²) in [4.78, 5) is 29.9. The number of ether oxygens (including phenoxy) is 3. The largest absolute Gasteiger partial charge is 0.497 e. The quantitative estimate of drug-likeness (QED) is 0.0905. The maximum Gasteiger partial charge on any atom is 0.335 e. The minimum Gasteiger partial charge on any atom is -0.497 e. The van der Waals surface area contributed by atoms with Gasteiger partial charge in [0.05, 0.1) is 18.2 Å². The summed E-state index contributed by atoms with van der Waals surface area (Å²) in [6, 6.07) is 51.6. The first-order chi connectivity index (χ1) is 33.2. The number of hydrogen-bond donors (Lipinski definition) is 4. The Hall–Kier alpha value is -8.30. The fraction of sp³-hybridized carbons (Fsp3) is 0.167. The van der Waals surface area contributed by atoms with Crippen molar-refractivity contribution in [2.45, 2.75) is 57.7 Å². The maximum atomic E-state index is 11.4. The number of carboxylic acids is 2. The summed E-state index contributed by atoms with van der Waals surface area (Å²) >= 11 is 0. The fourth-order valence-corrected chi connectivity index (χ4v) is 9.48. The van der Waals surface area contributed by atoms with Crippen LogP contribution in [0.25, 0.3) is 56.2 Å². The Morgan fingerprint density at radius 3 is 1.43 bits per heavy atom. The van der Waals surface area contributed by atoms with Crippen LogP contribution in [0.1, 0.15) is 95.0 Å². The number of carboxylic acid groups (broad SMARTS) is 2. The van der Waals surface area contributed by atoms with Crippen molar-refractivity contribution in [3.63, 3.8) is 0 Å². The molecule has 0 saturated heterocycles. The number of aromatic carboxylic acids is 2. The van der Waals surface area contributed by atoms with E-state index in [0.717, 1.165) is 109 Å². The molecule has 10 rings (SSSR count). The number of aromatic amines is 2. The number of nitrogens with one attached hydrogen (secondary N) is 2. The third-order valence-electron chi connectivity index (χ3n) is 13.3. The van der Waals surface area contributed by atoms with Crippen LogP contribution in [0.3, 0.4) is 0 Å². The normalized spacial score (nSPS) is 16.2. The topological polar surface area (TPSA) is 134 Å². The van der Waals surface area contributed by atoms with Crippen LogP contribution in [0.15, 0.2) is 170 Å². The van der Waals surface area contributed by atoms with Crippen LogP contribution in [-0.4, -0.2) is 50.4 Å². The van der Waals surface area contributed by atoms with Crippen molar-refractivity contribution in [2.75, 3.05) is 7.11 Å². The van der Waals surface area contributed by atoms with E-state index in [1.165, 1.54) is 5.56 Å². The highest BCUT2D eigenvalue weighted by atomic mass is 16.5. The molecular formula is C60H52N2O7. The Balaban J connectivity index is 0.876. The summed E-state index contributed by atoms with van der Waals surface area (Å²) in [5.41, 5.74) is 14.6. The van der Waals surface area contributed by atoms with Gasteiger partial charge < -0.3 is 34.4 Å². The van der Waals surface area contributed by atoms with E-state index in [-0.39, 0.29) is 17.0 Å². The third kappa shape index (κ3) is 9.11. The summed E-state index contributed by atoms with van der Waals surface area (Å²) < 4.78 is 18.9. The average molecular weight is 913 g/mol. The Morgan fingerprint density at radius 1 is 0.536 bits per heavy atom. The molecule has 2 atom stereocenters. The van der Waals surface area contributed by atoms with Gasteiger partial charge in [-0.1, -0.05) is 67.6 Å². The van der Waals surface area contributed by atoms with Gasteiger partial charge in [0.1, 0.15) is 28.5 Å². The molecule has 8 aromatic rings. The zero-order valence-corrected chi connectivity index (χ0v) is 39.1. The summed E-state index contributed by atoms with van der Waals surface area (Å²) in [6.07, 6.45) is 6.17. The molecule has 2 aromatic heterocycles. The van der Waals surface area contributed by atoms with Gasteiger partial charge in [-0.25, -0.2) is 9.59 Å². The van der Waals surface area contributed by atoms with E-state index in [4.69, 9.17) is 14.2 Å². The molecule has 344 valence electrons. The van der Waals surface area contributed by atoms with Crippen LogP contribution in [0.2, 0.25) is 0 Å². The molecule has 9 heteroatoms. The fourth-order valence-electron chi connectivity index (χ4n) is 9.48. The first-order valence-electron chi connectivity index (χ1n) is 23.1. The molecule has 2 unspecified atom stereocenters. The molecule has 0 amide bonds. The standard InChI is InChI=1S/C60H52N2O7/c1-36(37-6-8-38(9-7-37)49-34-59(2,3)68-55-28-20-44(32-47(49)55)53-26-24-51(61-53)40-10-14-42(15-11-40)57(63)64)30-31-60(4)35-50(39-18-22-46(67-5)23-19-39)48-33-45(21-29-56(48)69-60)54-27-25-52(62-54)41-12-16-43(17-13-41)58(65)66/h6-29,32-36,61-62H,30-31H2,1-5H3,(H,63,64)(H,65,66). The van der Waals surface area contributed by atoms with Gasteiger partial charge >= 0.3 is 11.9 Å². The number of rotatable bonds is 13. The van der Waals surface area contributed by atoms with Gasteiger partial charge in [0, 0.05) is 33.9 Å². The van der Waals surface area contributed by atoms with E-state index in [1.54, 1.807) is 31.4 Å². The molecule has 4 N–H and O–H groups in total. The molecule has 0 radical (unpaired) electrons. The summed E-state index contributed by atoms with van der Waals surface area (Å²) in [7, 11) is 1.68. The first-order valence-corrected chi connectivity index (χ1v) is 23.1. The lowest BCUT2D eigenvalue weighted by Crippen LogP contribution is -2.33. The summed E-state index contributed by atoms with van der Waals surface area (Å²) in [5, 5.41) is 18.7. The molecule has 2 aliphatic heterocycles. The maximum absolute atomic E-state index is 11.4. The predicted molar refractivity (Wildman–Crippen MR) is 272 cm³/mol. The average Bonchev–Trinajstić information content (AvgIpc) is 4.07. The highest BCUT2D eigenvalue weighted by Gasteiger charge is 2.33. The number of H-pyrrole nitrogens is 2. The minimum atomic E-state index is -0.949. The number of hydrogen-bond acceptors (Lipinski definition) is 5. The van der Waals surface area contributed by atoms with E-state index in [0.29, 0.717) is 0 Å². The van der Waals surface area contributed by atoms with Crippen molar-refractivity contribution in [3.8, 4) is 62.3 Å². The Labute approximate surface area is 401 Å². The number of aromatic nitrogens is 2. The molecule has 0 saturated carbocycles. The molecule has 4 heterocycles. The SMILES string of the molecule is COc1ccc(C2=CC(C)(CCC(C)c3ccc(C4=CC(C)(C)Oc5ccc(-c6ccc(-c7ccc(C(=O)O)cc7)[nH]6)cc54)cc3)Oc3ccc(-c4ccc(-c5ccc(C(=O)O)cc5)[nH]4)cc32)cc1. The second kappa shape index (κ2) is 17.7. The number of fused-ring (bicyclic) bond motifs is 2. The predicted octanol–water partition coefficient (Wildman–Crippen LogP) is 14.2. The molecule has 2 aliphatic rings. The lowest BCUT2D eigenvalue weighted by atomic mass is 9.83. The van der Waals surface area contributed by atoms with Crippen LogP contribution in [0.4, 0.5) is 0 Å². The lowest BCUT2D eigenvalue weighted by molar-refractivity contribution is 0.0686. The van der Waals surface area contributed by atoms with Crippen LogP contribution in [0, 0.1) is 0 Å². The molecular weight excluding hydrogens is 861 g/mol. The third-order valence-corrected chi connectivity index (χ3v) is 13.3. The highest BCUT2D eigenvalue weighted by Crippen LogP contribution is 2.45. The lowest BCUT2D eigenvalue weighted by Gasteiger charge is -2.35. The zero-order chi connectivity index (χ0) is 48.0. The molecule has 0 aliphatic carbocycles. The van der Waals surface area contributed by atoms with Crippen molar-refractivity contribution in [1.29, 1.82) is 0 Å². The molecule has 9 nitrogen and oxygen atoms in total. The molecule has 0 fully saturated rings. The van der Waals surface area contributed by atoms with E-state index in [9.17, 15) is 19.8 Å². The minimum absolute atomic E-state index is 0.250. The Morgan fingerprint density at radius 2 is 0.957 bits per heavy atom. The second-order valence-corrected chi connectivity index (χ2v) is 18.8. The molecule has 0 bridgehead atoms. The molecule has 69 heavy (non-hydrogen) atoms. The van der Waals surface area contributed by atoms with Crippen molar-refractivity contribution in [3.05, 3.63) is 209 Å². The smallest absolute Gasteiger partial charge is 0.335 e. The number of methoxy groups -OCH3 is 1. The van der Waals surface area contributed by atoms with Crippen LogP contribution >= 0.6 is 0 Å². The summed E-state index contributed by atoms with van der Waals surface area (Å²) in [5.74, 6) is 0.801. The van der Waals surface area contributed by atoms with E-state index < -0.39 is 23.1 Å². The van der Waals surface area contributed by atoms with Gasteiger partial charge in [0.25, 0.3) is 0 Å². The van der Waals surface area contributed by atoms with Crippen molar-refractivity contribution in [1.82, 2.24) is 9.97 Å². The van der Waals surface area contributed by atoms with E-state index in [1.807, 2.05) is 66.7 Å². The van der Waals surface area contributed by atoms with Crippen molar-refractivity contribution < 1.29 is 34.0 Å². The summed E-state index contributed by atoms with van der Waals surface area (Å²) in [6.45, 7) is 8.62. The van der Waals surface area contributed by atoms with Gasteiger partial charge in [-0.2, -0.15) is 0 Å². The second-order valence-electron chi connectivity index (χ2n) is 18.8. The molecule has 0 spiro atoms. The Bertz CT molecular complexity index is 3300. The van der Waals surface area contributed by atoms with Gasteiger partial charge in [-0.05, 0) is 199 Å². The van der Waals surface area contributed by atoms with Gasteiger partial charge in [-0.15, -0.1) is 0 Å². The molecule has 6 aromatic carbocycles. The van der Waals surface area contributed by atoms with Crippen LogP contribution in [0.5, 0.6) is 17.2 Å². The van der Waals surface area contributed by atoms with Gasteiger partial charge in [0.2, 0.25) is 0 Å². The first kappa shape index (κ1) is 44.5. The van der Waals surface area contributed by atoms with Crippen molar-refractivity contribution >= 4 is 23.1 Å². The number of carbonyl (C=O) groups is 2. The highest BCUT2D eigenvalue weighted by molar-refractivity contribution is 5.90. The van der Waals surface area contributed by atoms with Gasteiger partial charge in [0.15, 0.2) is 0 Å². The van der Waals surface area contributed by atoms with E-state index >= 15 is 0 Å². The van der Waals surface area contributed by atoms with Crippen LogP contribution in [-0.2, 0) is 0 Å². The monoisotopic (exact) mass is 912 g/mol. The number of benzene rings is 6. The Kier molecular flexibility index (Phi) is 11.4. The van der Waals surface area contributed by atoms with E-state index in [2.05, 4.69) is 117 Å². The zero-order valence-electron chi connectivity index (χ0n) is 39.1. The van der Waals surface area contributed by atoms with Crippen molar-refractivity contribution in [2.24, 2.45) is 0 Å². The van der Waals surface area contributed by atoms with Gasteiger partial charge in [-0.3, -0.25) is 0 Å².